The van der Waals surface area contributed by atoms with Crippen LogP contribution in [0.15, 0.2) is 30.5 Å². The van der Waals surface area contributed by atoms with Crippen molar-refractivity contribution in [2.45, 2.75) is 33.6 Å². The van der Waals surface area contributed by atoms with Gasteiger partial charge in [0.15, 0.2) is 0 Å². The van der Waals surface area contributed by atoms with Crippen LogP contribution >= 0.6 is 0 Å². The van der Waals surface area contributed by atoms with E-state index >= 15 is 0 Å². The third-order valence-corrected chi connectivity index (χ3v) is 5.33. The number of rotatable bonds is 6. The lowest BCUT2D eigenvalue weighted by Gasteiger charge is -2.22. The molecule has 1 N–H and O–H groups in total. The summed E-state index contributed by atoms with van der Waals surface area (Å²) in [6.45, 7) is 9.90. The zero-order valence-corrected chi connectivity index (χ0v) is 17.6. The maximum atomic E-state index is 13.2. The highest BCUT2D eigenvalue weighted by atomic mass is 16.2. The van der Waals surface area contributed by atoms with Gasteiger partial charge in [0.05, 0.1) is 29.7 Å². The lowest BCUT2D eigenvalue weighted by atomic mass is 10.1. The Labute approximate surface area is 172 Å². The van der Waals surface area contributed by atoms with Gasteiger partial charge >= 0.3 is 0 Å². The van der Waals surface area contributed by atoms with Crippen molar-refractivity contribution in [3.8, 4) is 5.69 Å². The highest BCUT2D eigenvalue weighted by Crippen LogP contribution is 2.19. The molecule has 1 aromatic carbocycles. The second kappa shape index (κ2) is 9.69. The Kier molecular flexibility index (Phi) is 7.04. The van der Waals surface area contributed by atoms with Crippen LogP contribution in [-0.2, 0) is 11.2 Å². The van der Waals surface area contributed by atoms with Crippen LogP contribution in [0.25, 0.3) is 5.69 Å². The first-order valence-electron chi connectivity index (χ1n) is 10.5. The van der Waals surface area contributed by atoms with Gasteiger partial charge in [-0.3, -0.25) is 14.5 Å². The Morgan fingerprint density at radius 1 is 1.07 bits per heavy atom. The van der Waals surface area contributed by atoms with E-state index in [9.17, 15) is 9.59 Å². The van der Waals surface area contributed by atoms with E-state index < -0.39 is 0 Å². The summed E-state index contributed by atoms with van der Waals surface area (Å²) in [6.07, 6.45) is 3.28. The quantitative estimate of drug-likeness (QED) is 0.810. The van der Waals surface area contributed by atoms with Crippen molar-refractivity contribution in [1.29, 1.82) is 0 Å². The Bertz CT molecular complexity index is 843. The molecule has 29 heavy (non-hydrogen) atoms. The number of carbonyl (C=O) groups is 2. The van der Waals surface area contributed by atoms with Gasteiger partial charge in [-0.25, -0.2) is 4.68 Å². The fourth-order valence-corrected chi connectivity index (χ4v) is 3.76. The number of aryl methyl sites for hydroxylation is 1. The largest absolute Gasteiger partial charge is 0.355 e. The van der Waals surface area contributed by atoms with Crippen molar-refractivity contribution in [1.82, 2.24) is 24.9 Å². The zero-order valence-electron chi connectivity index (χ0n) is 17.6. The molecule has 7 nitrogen and oxygen atoms in total. The summed E-state index contributed by atoms with van der Waals surface area (Å²) < 4.78 is 1.87. The summed E-state index contributed by atoms with van der Waals surface area (Å²) in [4.78, 5) is 29.1. The van der Waals surface area contributed by atoms with Crippen LogP contribution in [0.5, 0.6) is 0 Å². The molecule has 1 aromatic heterocycles. The molecule has 0 atom stereocenters. The highest BCUT2D eigenvalue weighted by Gasteiger charge is 2.25. The Morgan fingerprint density at radius 3 is 2.52 bits per heavy atom. The van der Waals surface area contributed by atoms with E-state index in [-0.39, 0.29) is 11.8 Å². The first kappa shape index (κ1) is 21.0. The Balaban J connectivity index is 1.72. The van der Waals surface area contributed by atoms with Gasteiger partial charge < -0.3 is 10.2 Å². The molecule has 1 aliphatic rings. The number of likely N-dealkylation sites (N-methyl/N-ethyl adjacent to an activating group) is 1. The average Bonchev–Trinajstić information content (AvgIpc) is 3.00. The summed E-state index contributed by atoms with van der Waals surface area (Å²) in [5.74, 6) is 0.0694. The van der Waals surface area contributed by atoms with Crippen molar-refractivity contribution >= 4 is 11.8 Å². The number of carbonyl (C=O) groups excluding carboxylic acids is 2. The standard InChI is InChI=1S/C22H31N5O2/c1-4-20-19(15-24-27(20)18-9-7-17(3)8-10-18)22(29)26-12-6-11-25(13-14-26)16-21(28)23-5-2/h7-10,15H,4-6,11-14,16H2,1-3H3,(H,23,28). The molecule has 1 fully saturated rings. The van der Waals surface area contributed by atoms with Crippen LogP contribution in [0.2, 0.25) is 0 Å². The molecule has 1 aliphatic heterocycles. The van der Waals surface area contributed by atoms with E-state index in [1.54, 1.807) is 6.20 Å². The molecule has 0 bridgehead atoms. The predicted octanol–water partition coefficient (Wildman–Crippen LogP) is 2.03. The number of nitrogens with zero attached hydrogens (tertiary/aromatic N) is 4. The molecule has 1 saturated heterocycles. The van der Waals surface area contributed by atoms with Gasteiger partial charge in [0.25, 0.3) is 5.91 Å². The minimum atomic E-state index is 0.0278. The normalized spacial score (nSPS) is 15.2. The molecular formula is C22H31N5O2. The second-order valence-electron chi connectivity index (χ2n) is 7.48. The Hall–Kier alpha value is -2.67. The number of hydrogen-bond acceptors (Lipinski definition) is 4. The topological polar surface area (TPSA) is 70.5 Å². The summed E-state index contributed by atoms with van der Waals surface area (Å²) in [7, 11) is 0. The maximum absolute atomic E-state index is 13.2. The van der Waals surface area contributed by atoms with Gasteiger partial charge in [-0.15, -0.1) is 0 Å². The van der Waals surface area contributed by atoms with E-state index in [2.05, 4.69) is 41.3 Å². The lowest BCUT2D eigenvalue weighted by Crippen LogP contribution is -2.40. The van der Waals surface area contributed by atoms with Crippen molar-refractivity contribution in [3.63, 3.8) is 0 Å². The second-order valence-corrected chi connectivity index (χ2v) is 7.48. The molecule has 0 radical (unpaired) electrons. The molecule has 7 heteroatoms. The third kappa shape index (κ3) is 5.03. The Morgan fingerprint density at radius 2 is 1.83 bits per heavy atom. The van der Waals surface area contributed by atoms with Crippen LogP contribution in [0, 0.1) is 6.92 Å². The van der Waals surface area contributed by atoms with E-state index in [1.807, 2.05) is 28.6 Å². The zero-order chi connectivity index (χ0) is 20.8. The molecule has 2 aromatic rings. The van der Waals surface area contributed by atoms with Gasteiger partial charge in [-0.1, -0.05) is 24.6 Å². The summed E-state index contributed by atoms with van der Waals surface area (Å²) >= 11 is 0. The number of aromatic nitrogens is 2. The molecule has 2 heterocycles. The molecule has 0 saturated carbocycles. The number of nitrogens with one attached hydrogen (secondary N) is 1. The number of benzene rings is 1. The van der Waals surface area contributed by atoms with Crippen molar-refractivity contribution in [3.05, 3.63) is 47.3 Å². The van der Waals surface area contributed by atoms with Gasteiger partial charge in [-0.2, -0.15) is 5.10 Å². The molecule has 0 aliphatic carbocycles. The third-order valence-electron chi connectivity index (χ3n) is 5.33. The van der Waals surface area contributed by atoms with Crippen molar-refractivity contribution in [2.75, 3.05) is 39.3 Å². The monoisotopic (exact) mass is 397 g/mol. The van der Waals surface area contributed by atoms with Crippen molar-refractivity contribution < 1.29 is 9.59 Å². The van der Waals surface area contributed by atoms with Crippen LogP contribution in [0.3, 0.4) is 0 Å². The summed E-state index contributed by atoms with van der Waals surface area (Å²) in [5, 5.41) is 7.34. The summed E-state index contributed by atoms with van der Waals surface area (Å²) in [6, 6.07) is 8.16. The van der Waals surface area contributed by atoms with Crippen LogP contribution in [0.1, 0.15) is 41.9 Å². The molecule has 0 spiro atoms. The SMILES string of the molecule is CCNC(=O)CN1CCCN(C(=O)c2cnn(-c3ccc(C)cc3)c2CC)CC1. The number of amides is 2. The fraction of sp³-hybridized carbons (Fsp3) is 0.500. The van der Waals surface area contributed by atoms with Gasteiger partial charge in [-0.05, 0) is 38.8 Å². The van der Waals surface area contributed by atoms with E-state index in [4.69, 9.17) is 0 Å². The van der Waals surface area contributed by atoms with E-state index in [0.29, 0.717) is 38.3 Å². The predicted molar refractivity (Wildman–Crippen MR) is 113 cm³/mol. The average molecular weight is 398 g/mol. The van der Waals surface area contributed by atoms with Crippen LogP contribution < -0.4 is 5.32 Å². The molecule has 3 rings (SSSR count). The molecule has 0 unspecified atom stereocenters. The minimum absolute atomic E-state index is 0.0278. The van der Waals surface area contributed by atoms with E-state index in [0.717, 1.165) is 30.8 Å². The molecule has 156 valence electrons. The first-order chi connectivity index (χ1) is 14.0. The first-order valence-corrected chi connectivity index (χ1v) is 10.5. The molecule has 2 amide bonds. The molecular weight excluding hydrogens is 366 g/mol. The number of hydrogen-bond donors (Lipinski definition) is 1. The van der Waals surface area contributed by atoms with Gasteiger partial charge in [0.2, 0.25) is 5.91 Å². The van der Waals surface area contributed by atoms with Crippen LogP contribution in [-0.4, -0.2) is 70.7 Å². The van der Waals surface area contributed by atoms with Gasteiger partial charge in [0.1, 0.15) is 0 Å². The van der Waals surface area contributed by atoms with Gasteiger partial charge in [0, 0.05) is 32.7 Å². The summed E-state index contributed by atoms with van der Waals surface area (Å²) in [5.41, 5.74) is 3.76. The lowest BCUT2D eigenvalue weighted by molar-refractivity contribution is -0.122. The minimum Gasteiger partial charge on any atom is -0.355 e. The fourth-order valence-electron chi connectivity index (χ4n) is 3.76. The van der Waals surface area contributed by atoms with Crippen molar-refractivity contribution in [2.24, 2.45) is 0 Å². The van der Waals surface area contributed by atoms with Crippen LogP contribution in [0.4, 0.5) is 0 Å². The smallest absolute Gasteiger partial charge is 0.257 e. The highest BCUT2D eigenvalue weighted by molar-refractivity contribution is 5.95. The maximum Gasteiger partial charge on any atom is 0.257 e. The van der Waals surface area contributed by atoms with E-state index in [1.165, 1.54) is 5.56 Å².